The molecule has 3 aromatic heterocycles. The topological polar surface area (TPSA) is 89.7 Å². The molecule has 0 fully saturated rings. The summed E-state index contributed by atoms with van der Waals surface area (Å²) in [5, 5.41) is 18.4. The van der Waals surface area contributed by atoms with Gasteiger partial charge in [0.05, 0.1) is 0 Å². The van der Waals surface area contributed by atoms with E-state index >= 15 is 0 Å². The minimum absolute atomic E-state index is 0.0769. The van der Waals surface area contributed by atoms with E-state index in [2.05, 4.69) is 25.9 Å². The van der Waals surface area contributed by atoms with Crippen molar-refractivity contribution in [2.75, 3.05) is 10.6 Å². The fourth-order valence-electron chi connectivity index (χ4n) is 2.55. The Hall–Kier alpha value is -3.94. The summed E-state index contributed by atoms with van der Waals surface area (Å²) in [7, 11) is 0. The maximum atomic E-state index is 12.0. The molecule has 4 rings (SSSR count). The van der Waals surface area contributed by atoms with Crippen LogP contribution < -0.4 is 10.6 Å². The fraction of sp³-hybridized carbons (Fsp3) is 0.0526. The molecule has 0 spiro atoms. The van der Waals surface area contributed by atoms with Crippen LogP contribution in [-0.4, -0.2) is 30.5 Å². The molecule has 3 heterocycles. The van der Waals surface area contributed by atoms with E-state index in [0.29, 0.717) is 11.6 Å². The van der Waals surface area contributed by atoms with Crippen molar-refractivity contribution in [3.05, 3.63) is 79.4 Å². The molecule has 0 radical (unpaired) electrons. The number of nitrogens with one attached hydrogen (secondary N) is 2. The Kier molecular flexibility index (Phi) is 4.60. The summed E-state index contributed by atoms with van der Waals surface area (Å²) in [6, 6.07) is 16.7. The third kappa shape index (κ3) is 4.18. The van der Waals surface area contributed by atoms with Crippen molar-refractivity contribution >= 4 is 23.1 Å². The van der Waals surface area contributed by atoms with Crippen molar-refractivity contribution in [3.8, 4) is 5.82 Å². The number of anilines is 3. The normalized spacial score (nSPS) is 10.5. The van der Waals surface area contributed by atoms with Crippen molar-refractivity contribution in [1.82, 2.24) is 24.5 Å². The first-order valence-corrected chi connectivity index (χ1v) is 8.38. The van der Waals surface area contributed by atoms with Crippen LogP contribution in [0.3, 0.4) is 0 Å². The number of hydrogen-bond donors (Lipinski definition) is 2. The van der Waals surface area contributed by atoms with E-state index < -0.39 is 0 Å². The molecule has 134 valence electrons. The summed E-state index contributed by atoms with van der Waals surface area (Å²) in [4.78, 5) is 12.0. The van der Waals surface area contributed by atoms with Gasteiger partial charge >= 0.3 is 0 Å². The summed E-state index contributed by atoms with van der Waals surface area (Å²) in [6.07, 6.45) is 7.20. The van der Waals surface area contributed by atoms with Gasteiger partial charge in [-0.05, 0) is 54.6 Å². The predicted molar refractivity (Wildman–Crippen MR) is 102 cm³/mol. The highest BCUT2D eigenvalue weighted by molar-refractivity contribution is 5.90. The fourth-order valence-corrected chi connectivity index (χ4v) is 2.55. The standard InChI is InChI=1S/C19H17N7O/c27-19(14-25-11-1-2-12-25)22-16-6-4-15(5-7-16)21-17-8-9-18(24-23-17)26-13-3-10-20-26/h1-13H,14H2,(H,21,23)(H,22,27). The molecule has 8 heteroatoms. The van der Waals surface area contributed by atoms with Crippen LogP contribution in [0.4, 0.5) is 17.2 Å². The molecule has 4 aromatic rings. The lowest BCUT2D eigenvalue weighted by Gasteiger charge is -2.09. The van der Waals surface area contributed by atoms with Crippen LogP contribution in [0.1, 0.15) is 0 Å². The van der Waals surface area contributed by atoms with Crippen LogP contribution in [0.2, 0.25) is 0 Å². The molecule has 2 N–H and O–H groups in total. The quantitative estimate of drug-likeness (QED) is 0.552. The molecule has 0 aliphatic rings. The summed E-state index contributed by atoms with van der Waals surface area (Å²) < 4.78 is 3.46. The van der Waals surface area contributed by atoms with Gasteiger partial charge in [-0.1, -0.05) is 0 Å². The Morgan fingerprint density at radius 1 is 0.889 bits per heavy atom. The molecule has 0 aliphatic carbocycles. The molecule has 0 unspecified atom stereocenters. The van der Waals surface area contributed by atoms with Gasteiger partial charge in [0.2, 0.25) is 5.91 Å². The number of rotatable bonds is 6. The molecule has 27 heavy (non-hydrogen) atoms. The minimum atomic E-state index is -0.0769. The average molecular weight is 359 g/mol. The number of aromatic nitrogens is 5. The molecule has 1 aromatic carbocycles. The Morgan fingerprint density at radius 2 is 1.67 bits per heavy atom. The predicted octanol–water partition coefficient (Wildman–Crippen LogP) is 2.85. The zero-order valence-electron chi connectivity index (χ0n) is 14.4. The summed E-state index contributed by atoms with van der Waals surface area (Å²) in [5.41, 5.74) is 1.58. The number of hydrogen-bond acceptors (Lipinski definition) is 5. The highest BCUT2D eigenvalue weighted by atomic mass is 16.1. The zero-order chi connectivity index (χ0) is 18.5. The van der Waals surface area contributed by atoms with Gasteiger partial charge in [-0.2, -0.15) is 5.10 Å². The van der Waals surface area contributed by atoms with Gasteiger partial charge < -0.3 is 15.2 Å². The molecule has 0 atom stereocenters. The third-order valence-corrected chi connectivity index (χ3v) is 3.82. The molecule has 0 saturated carbocycles. The summed E-state index contributed by atoms with van der Waals surface area (Å²) >= 11 is 0. The largest absolute Gasteiger partial charge is 0.345 e. The first-order valence-electron chi connectivity index (χ1n) is 8.38. The molecule has 0 bridgehead atoms. The van der Waals surface area contributed by atoms with E-state index in [1.165, 1.54) is 0 Å². The van der Waals surface area contributed by atoms with Crippen molar-refractivity contribution < 1.29 is 4.79 Å². The third-order valence-electron chi connectivity index (χ3n) is 3.82. The number of benzene rings is 1. The molecule has 0 saturated heterocycles. The highest BCUT2D eigenvalue weighted by Gasteiger charge is 2.04. The van der Waals surface area contributed by atoms with Crippen LogP contribution in [0.15, 0.2) is 79.4 Å². The Bertz CT molecular complexity index is 991. The van der Waals surface area contributed by atoms with Gasteiger partial charge in [0.25, 0.3) is 0 Å². The van der Waals surface area contributed by atoms with Crippen LogP contribution in [-0.2, 0) is 11.3 Å². The summed E-state index contributed by atoms with van der Waals surface area (Å²) in [5.74, 6) is 1.19. The molecule has 0 aliphatic heterocycles. The molecular weight excluding hydrogens is 342 g/mol. The van der Waals surface area contributed by atoms with Gasteiger partial charge in [0, 0.05) is 36.2 Å². The van der Waals surface area contributed by atoms with Crippen LogP contribution in [0.5, 0.6) is 0 Å². The second-order valence-electron chi connectivity index (χ2n) is 5.83. The number of carbonyl (C=O) groups is 1. The molecule has 8 nitrogen and oxygen atoms in total. The lowest BCUT2D eigenvalue weighted by Crippen LogP contribution is -2.17. The van der Waals surface area contributed by atoms with E-state index in [-0.39, 0.29) is 12.5 Å². The van der Waals surface area contributed by atoms with Gasteiger partial charge in [-0.15, -0.1) is 10.2 Å². The van der Waals surface area contributed by atoms with Crippen LogP contribution >= 0.6 is 0 Å². The van der Waals surface area contributed by atoms with E-state index in [1.807, 2.05) is 71.6 Å². The second-order valence-corrected chi connectivity index (χ2v) is 5.83. The number of amides is 1. The highest BCUT2D eigenvalue weighted by Crippen LogP contribution is 2.17. The van der Waals surface area contributed by atoms with Crippen molar-refractivity contribution in [1.29, 1.82) is 0 Å². The maximum absolute atomic E-state index is 12.0. The van der Waals surface area contributed by atoms with Gasteiger partial charge in [0.15, 0.2) is 11.6 Å². The van der Waals surface area contributed by atoms with E-state index in [4.69, 9.17) is 0 Å². The Balaban J connectivity index is 1.35. The second kappa shape index (κ2) is 7.52. The van der Waals surface area contributed by atoms with Gasteiger partial charge in [-0.3, -0.25) is 4.79 Å². The van der Waals surface area contributed by atoms with E-state index in [9.17, 15) is 4.79 Å². The van der Waals surface area contributed by atoms with Crippen molar-refractivity contribution in [3.63, 3.8) is 0 Å². The smallest absolute Gasteiger partial charge is 0.244 e. The van der Waals surface area contributed by atoms with Crippen molar-refractivity contribution in [2.24, 2.45) is 0 Å². The number of carbonyl (C=O) groups excluding carboxylic acids is 1. The Labute approximate surface area is 155 Å². The summed E-state index contributed by atoms with van der Waals surface area (Å²) in [6.45, 7) is 0.283. The zero-order valence-corrected chi connectivity index (χ0v) is 14.4. The first-order chi connectivity index (χ1) is 13.3. The van der Waals surface area contributed by atoms with Crippen LogP contribution in [0.25, 0.3) is 5.82 Å². The van der Waals surface area contributed by atoms with Gasteiger partial charge in [-0.25, -0.2) is 4.68 Å². The average Bonchev–Trinajstić information content (AvgIpc) is 3.38. The van der Waals surface area contributed by atoms with E-state index in [1.54, 1.807) is 17.1 Å². The number of nitrogens with zero attached hydrogens (tertiary/aromatic N) is 5. The maximum Gasteiger partial charge on any atom is 0.244 e. The van der Waals surface area contributed by atoms with E-state index in [0.717, 1.165) is 11.4 Å². The SMILES string of the molecule is O=C(Cn1cccc1)Nc1ccc(Nc2ccc(-n3cccn3)nn2)cc1. The molecule has 1 amide bonds. The molecular formula is C19H17N7O. The van der Waals surface area contributed by atoms with Gasteiger partial charge in [0.1, 0.15) is 6.54 Å². The Morgan fingerprint density at radius 3 is 2.33 bits per heavy atom. The minimum Gasteiger partial charge on any atom is -0.345 e. The van der Waals surface area contributed by atoms with Crippen LogP contribution in [0, 0.1) is 0 Å². The monoisotopic (exact) mass is 359 g/mol. The first kappa shape index (κ1) is 16.5. The lowest BCUT2D eigenvalue weighted by atomic mass is 10.2. The lowest BCUT2D eigenvalue weighted by molar-refractivity contribution is -0.116. The van der Waals surface area contributed by atoms with Crippen molar-refractivity contribution in [2.45, 2.75) is 6.54 Å².